The molecule has 1 saturated carbocycles. The first kappa shape index (κ1) is 12.6. The Labute approximate surface area is 106 Å². The summed E-state index contributed by atoms with van der Waals surface area (Å²) in [5, 5.41) is 3.04. The number of rotatable bonds is 4. The van der Waals surface area contributed by atoms with Crippen molar-refractivity contribution in [3.63, 3.8) is 0 Å². The minimum Gasteiger partial charge on any atom is -0.351 e. The first-order chi connectivity index (χ1) is 8.16. The van der Waals surface area contributed by atoms with E-state index in [2.05, 4.69) is 24.4 Å². The van der Waals surface area contributed by atoms with Gasteiger partial charge in [0.1, 0.15) is 0 Å². The van der Waals surface area contributed by atoms with Crippen molar-refractivity contribution in [3.8, 4) is 0 Å². The van der Waals surface area contributed by atoms with Gasteiger partial charge in [0.15, 0.2) is 0 Å². The number of thiophene rings is 1. The average Bonchev–Trinajstić information content (AvgIpc) is 2.95. The monoisotopic (exact) mass is 252 g/mol. The molecule has 0 radical (unpaired) electrons. The second-order valence-electron chi connectivity index (χ2n) is 4.89. The number of nitrogens with one attached hydrogen (secondary N) is 1. The molecular formula is C13H20N2OS. The lowest BCUT2D eigenvalue weighted by atomic mass is 9.85. The van der Waals surface area contributed by atoms with Gasteiger partial charge < -0.3 is 11.1 Å². The minimum atomic E-state index is -0.285. The highest BCUT2D eigenvalue weighted by atomic mass is 32.1. The molecule has 0 atom stereocenters. The Morgan fingerprint density at radius 1 is 1.47 bits per heavy atom. The quantitative estimate of drug-likeness (QED) is 0.863. The van der Waals surface area contributed by atoms with E-state index in [9.17, 15) is 4.79 Å². The molecular weight excluding hydrogens is 232 g/mol. The van der Waals surface area contributed by atoms with E-state index in [1.165, 1.54) is 9.75 Å². The smallest absolute Gasteiger partial charge is 0.227 e. The molecule has 3 N–H and O–H groups in total. The summed E-state index contributed by atoms with van der Waals surface area (Å²) in [5.74, 6) is 0.142. The predicted molar refractivity (Wildman–Crippen MR) is 70.9 cm³/mol. The Morgan fingerprint density at radius 2 is 2.18 bits per heavy atom. The van der Waals surface area contributed by atoms with Gasteiger partial charge in [0.25, 0.3) is 0 Å². The number of amides is 1. The topological polar surface area (TPSA) is 55.1 Å². The van der Waals surface area contributed by atoms with Gasteiger partial charge >= 0.3 is 0 Å². The van der Waals surface area contributed by atoms with Crippen LogP contribution in [-0.2, 0) is 11.3 Å². The molecule has 1 aliphatic rings. The number of carbonyl (C=O) groups excluding carboxylic acids is 1. The summed E-state index contributed by atoms with van der Waals surface area (Å²) in [6.45, 7) is 3.19. The molecule has 0 unspecified atom stereocenters. The Balaban J connectivity index is 1.92. The van der Waals surface area contributed by atoms with E-state index >= 15 is 0 Å². The van der Waals surface area contributed by atoms with E-state index in [0.717, 1.165) is 25.7 Å². The maximum Gasteiger partial charge on any atom is 0.227 e. The molecule has 4 heteroatoms. The summed E-state index contributed by atoms with van der Waals surface area (Å²) >= 11 is 1.73. The molecule has 0 saturated heterocycles. The molecule has 0 spiro atoms. The van der Waals surface area contributed by atoms with Crippen LogP contribution in [0.15, 0.2) is 12.1 Å². The summed E-state index contributed by atoms with van der Waals surface area (Å²) in [7, 11) is 0. The lowest BCUT2D eigenvalue weighted by molar-refractivity contribution is -0.130. The Morgan fingerprint density at radius 3 is 2.71 bits per heavy atom. The Kier molecular flexibility index (Phi) is 3.84. The van der Waals surface area contributed by atoms with Crippen LogP contribution in [0.5, 0.6) is 0 Å². The van der Waals surface area contributed by atoms with Crippen molar-refractivity contribution in [1.82, 2.24) is 5.32 Å². The second-order valence-corrected chi connectivity index (χ2v) is 6.26. The van der Waals surface area contributed by atoms with Crippen LogP contribution in [0, 0.1) is 12.3 Å². The third-order valence-electron chi connectivity index (χ3n) is 3.65. The molecule has 1 aliphatic carbocycles. The molecule has 1 aromatic rings. The zero-order valence-electron chi connectivity index (χ0n) is 10.3. The fraction of sp³-hybridized carbons (Fsp3) is 0.615. The second kappa shape index (κ2) is 5.19. The Bertz CT molecular complexity index is 394. The number of hydrogen-bond acceptors (Lipinski definition) is 3. The third kappa shape index (κ3) is 2.69. The zero-order chi connectivity index (χ0) is 12.3. The van der Waals surface area contributed by atoms with Crippen molar-refractivity contribution >= 4 is 17.2 Å². The highest BCUT2D eigenvalue weighted by Crippen LogP contribution is 2.37. The van der Waals surface area contributed by atoms with Crippen LogP contribution in [0.3, 0.4) is 0 Å². The highest BCUT2D eigenvalue weighted by molar-refractivity contribution is 7.11. The minimum absolute atomic E-state index is 0.142. The summed E-state index contributed by atoms with van der Waals surface area (Å²) in [6, 6.07) is 4.16. The lowest BCUT2D eigenvalue weighted by Crippen LogP contribution is -2.43. The average molecular weight is 252 g/mol. The van der Waals surface area contributed by atoms with Gasteiger partial charge in [-0.15, -0.1) is 11.3 Å². The zero-order valence-corrected chi connectivity index (χ0v) is 11.1. The van der Waals surface area contributed by atoms with Crippen LogP contribution < -0.4 is 11.1 Å². The number of carbonyl (C=O) groups is 1. The highest BCUT2D eigenvalue weighted by Gasteiger charge is 2.39. The van der Waals surface area contributed by atoms with Crippen LogP contribution in [0.4, 0.5) is 0 Å². The van der Waals surface area contributed by atoms with Gasteiger partial charge in [0.05, 0.1) is 12.0 Å². The fourth-order valence-corrected chi connectivity index (χ4v) is 3.34. The molecule has 1 heterocycles. The van der Waals surface area contributed by atoms with E-state index in [1.807, 2.05) is 0 Å². The molecule has 17 heavy (non-hydrogen) atoms. The summed E-state index contributed by atoms with van der Waals surface area (Å²) in [4.78, 5) is 14.7. The molecule has 0 aromatic carbocycles. The molecule has 1 amide bonds. The number of aryl methyl sites for hydroxylation is 1. The van der Waals surface area contributed by atoms with E-state index in [-0.39, 0.29) is 11.3 Å². The van der Waals surface area contributed by atoms with Crippen LogP contribution >= 0.6 is 11.3 Å². The summed E-state index contributed by atoms with van der Waals surface area (Å²) < 4.78 is 0. The third-order valence-corrected chi connectivity index (χ3v) is 4.65. The molecule has 1 fully saturated rings. The van der Waals surface area contributed by atoms with Crippen molar-refractivity contribution in [2.24, 2.45) is 11.1 Å². The van der Waals surface area contributed by atoms with Gasteiger partial charge in [-0.1, -0.05) is 12.8 Å². The van der Waals surface area contributed by atoms with Gasteiger partial charge in [0, 0.05) is 16.3 Å². The van der Waals surface area contributed by atoms with Gasteiger partial charge in [-0.2, -0.15) is 0 Å². The van der Waals surface area contributed by atoms with Crippen LogP contribution in [-0.4, -0.2) is 12.5 Å². The predicted octanol–water partition coefficient (Wildman–Crippen LogP) is 2.19. The number of nitrogens with two attached hydrogens (primary N) is 1. The largest absolute Gasteiger partial charge is 0.351 e. The van der Waals surface area contributed by atoms with Crippen molar-refractivity contribution in [3.05, 3.63) is 21.9 Å². The molecule has 3 nitrogen and oxygen atoms in total. The van der Waals surface area contributed by atoms with Crippen molar-refractivity contribution in [2.45, 2.75) is 39.2 Å². The first-order valence-corrected chi connectivity index (χ1v) is 7.02. The van der Waals surface area contributed by atoms with E-state index in [1.54, 1.807) is 11.3 Å². The molecule has 94 valence electrons. The van der Waals surface area contributed by atoms with Crippen LogP contribution in [0.2, 0.25) is 0 Å². The summed E-state index contributed by atoms with van der Waals surface area (Å²) in [5.41, 5.74) is 5.50. The van der Waals surface area contributed by atoms with Gasteiger partial charge in [-0.3, -0.25) is 4.79 Å². The van der Waals surface area contributed by atoms with Crippen molar-refractivity contribution in [1.29, 1.82) is 0 Å². The van der Waals surface area contributed by atoms with Gasteiger partial charge in [-0.05, 0) is 31.9 Å². The molecule has 0 bridgehead atoms. The van der Waals surface area contributed by atoms with Crippen LogP contribution in [0.25, 0.3) is 0 Å². The summed E-state index contributed by atoms with van der Waals surface area (Å²) in [6.07, 6.45) is 4.14. The van der Waals surface area contributed by atoms with E-state index < -0.39 is 0 Å². The maximum atomic E-state index is 12.2. The maximum absolute atomic E-state index is 12.2. The first-order valence-electron chi connectivity index (χ1n) is 6.20. The standard InChI is InChI=1S/C13H20N2OS/c1-10-4-5-11(17-10)8-15-12(16)13(9-14)6-2-3-7-13/h4-5H,2-3,6-9,14H2,1H3,(H,15,16). The Hall–Kier alpha value is -0.870. The molecule has 2 rings (SSSR count). The normalized spacial score (nSPS) is 18.2. The molecule has 1 aromatic heterocycles. The lowest BCUT2D eigenvalue weighted by Gasteiger charge is -2.25. The molecule has 0 aliphatic heterocycles. The number of hydrogen-bond donors (Lipinski definition) is 2. The van der Waals surface area contributed by atoms with Gasteiger partial charge in [-0.25, -0.2) is 0 Å². The van der Waals surface area contributed by atoms with E-state index in [0.29, 0.717) is 13.1 Å². The van der Waals surface area contributed by atoms with Crippen molar-refractivity contribution < 1.29 is 4.79 Å². The van der Waals surface area contributed by atoms with Gasteiger partial charge in [0.2, 0.25) is 5.91 Å². The van der Waals surface area contributed by atoms with E-state index in [4.69, 9.17) is 5.73 Å². The fourth-order valence-electron chi connectivity index (χ4n) is 2.51. The SMILES string of the molecule is Cc1ccc(CNC(=O)C2(CN)CCCC2)s1. The van der Waals surface area contributed by atoms with Crippen LogP contribution in [0.1, 0.15) is 35.4 Å². The van der Waals surface area contributed by atoms with Crippen molar-refractivity contribution in [2.75, 3.05) is 6.54 Å².